The van der Waals surface area contributed by atoms with Crippen LogP contribution >= 0.6 is 0 Å². The van der Waals surface area contributed by atoms with Gasteiger partial charge < -0.3 is 19.3 Å². The first-order valence-corrected chi connectivity index (χ1v) is 18.7. The number of benzene rings is 7. The molecule has 1 aliphatic rings. The van der Waals surface area contributed by atoms with E-state index in [0.29, 0.717) is 6.67 Å². The second-order valence-electron chi connectivity index (χ2n) is 14.0. The van der Waals surface area contributed by atoms with Gasteiger partial charge in [0.15, 0.2) is 0 Å². The number of fused-ring (bicyclic) bond motifs is 4. The van der Waals surface area contributed by atoms with Gasteiger partial charge in [0.25, 0.3) is 0 Å². The third kappa shape index (κ3) is 6.05. The summed E-state index contributed by atoms with van der Waals surface area (Å²) >= 11 is 0. The van der Waals surface area contributed by atoms with E-state index in [1.54, 1.807) is 0 Å². The van der Waals surface area contributed by atoms with Gasteiger partial charge in [-0.05, 0) is 96.1 Å². The zero-order chi connectivity index (χ0) is 36.9. The van der Waals surface area contributed by atoms with E-state index in [4.69, 9.17) is 4.98 Å². The molecular formula is C50H37N5Pt. The summed E-state index contributed by atoms with van der Waals surface area (Å²) in [5.41, 5.74) is 14.3. The Morgan fingerprint density at radius 2 is 1.23 bits per heavy atom. The van der Waals surface area contributed by atoms with Crippen molar-refractivity contribution in [2.45, 2.75) is 13.8 Å². The summed E-state index contributed by atoms with van der Waals surface area (Å²) < 4.78 is 2.26. The van der Waals surface area contributed by atoms with Crippen LogP contribution in [0, 0.1) is 26.0 Å². The van der Waals surface area contributed by atoms with Gasteiger partial charge in [0.05, 0.1) is 18.0 Å². The van der Waals surface area contributed by atoms with Crippen molar-refractivity contribution in [2.75, 3.05) is 21.4 Å². The van der Waals surface area contributed by atoms with Crippen LogP contribution in [0.3, 0.4) is 0 Å². The molecule has 0 fully saturated rings. The average molecular weight is 903 g/mol. The van der Waals surface area contributed by atoms with Gasteiger partial charge in [-0.15, -0.1) is 35.7 Å². The first kappa shape index (κ1) is 35.3. The Morgan fingerprint density at radius 3 is 2.02 bits per heavy atom. The van der Waals surface area contributed by atoms with Crippen molar-refractivity contribution in [3.8, 4) is 16.9 Å². The molecule has 5 nitrogen and oxygen atoms in total. The Labute approximate surface area is 342 Å². The number of para-hydroxylation sites is 5. The zero-order valence-corrected chi connectivity index (χ0v) is 33.3. The molecule has 0 saturated carbocycles. The number of rotatable bonds is 7. The molecule has 0 atom stereocenters. The Morgan fingerprint density at radius 1 is 0.571 bits per heavy atom. The van der Waals surface area contributed by atoms with Crippen molar-refractivity contribution in [1.29, 1.82) is 0 Å². The molecule has 2 aromatic heterocycles. The van der Waals surface area contributed by atoms with Gasteiger partial charge in [-0.25, -0.2) is 4.98 Å². The van der Waals surface area contributed by atoms with E-state index in [2.05, 4.69) is 215 Å². The van der Waals surface area contributed by atoms with E-state index in [0.717, 1.165) is 67.3 Å². The molecular weight excluding hydrogens is 866 g/mol. The third-order valence-corrected chi connectivity index (χ3v) is 10.7. The molecule has 0 aliphatic carbocycles. The van der Waals surface area contributed by atoms with Gasteiger partial charge in [0.2, 0.25) is 0 Å². The maximum absolute atomic E-state index is 4.97. The van der Waals surface area contributed by atoms with Crippen molar-refractivity contribution in [2.24, 2.45) is 0 Å². The van der Waals surface area contributed by atoms with Crippen molar-refractivity contribution in [3.63, 3.8) is 0 Å². The quantitative estimate of drug-likeness (QED) is 0.149. The summed E-state index contributed by atoms with van der Waals surface area (Å²) in [7, 11) is 0. The standard InChI is InChI=1S/C50H37N5.Pt/c1-35-15-13-16-36(2)50(35)37-29-30-51-49(31-37)55-45-24-10-9-23-43(45)44-28-27-42(33-48(44)55)54(39-19-7-4-8-20-39)41-22-14-21-40(32-41)53-34-52(38-17-5-3-6-18-38)46-25-11-12-26-47(46)53;/h3-31H,34H2,1-2H3;/q-2;+2. The summed E-state index contributed by atoms with van der Waals surface area (Å²) in [4.78, 5) is 11.9. The fourth-order valence-electron chi connectivity index (χ4n) is 8.18. The molecule has 0 spiro atoms. The van der Waals surface area contributed by atoms with Crippen molar-refractivity contribution < 1.29 is 21.1 Å². The Hall–Kier alpha value is -6.42. The fraction of sp³-hybridized carbons (Fsp3) is 0.0600. The first-order chi connectivity index (χ1) is 27.1. The van der Waals surface area contributed by atoms with E-state index < -0.39 is 0 Å². The number of pyridine rings is 1. The van der Waals surface area contributed by atoms with Crippen LogP contribution in [0.25, 0.3) is 38.8 Å². The van der Waals surface area contributed by atoms with Crippen molar-refractivity contribution in [1.82, 2.24) is 9.55 Å². The minimum atomic E-state index is 0. The topological polar surface area (TPSA) is 27.5 Å². The molecule has 56 heavy (non-hydrogen) atoms. The predicted molar refractivity (Wildman–Crippen MR) is 228 cm³/mol. The molecule has 10 rings (SSSR count). The van der Waals surface area contributed by atoms with E-state index >= 15 is 0 Å². The molecule has 6 heteroatoms. The van der Waals surface area contributed by atoms with Crippen molar-refractivity contribution in [3.05, 3.63) is 199 Å². The van der Waals surface area contributed by atoms with Gasteiger partial charge >= 0.3 is 21.1 Å². The maximum atomic E-state index is 4.97. The zero-order valence-electron chi connectivity index (χ0n) is 31.0. The number of aromatic nitrogens is 2. The third-order valence-electron chi connectivity index (χ3n) is 10.7. The molecule has 1 aliphatic heterocycles. The van der Waals surface area contributed by atoms with Gasteiger partial charge in [-0.1, -0.05) is 108 Å². The van der Waals surface area contributed by atoms with E-state index in [9.17, 15) is 0 Å². The molecule has 0 amide bonds. The van der Waals surface area contributed by atoms with Gasteiger partial charge in [0, 0.05) is 23.1 Å². The Bertz CT molecular complexity index is 2830. The second kappa shape index (κ2) is 14.7. The number of nitrogens with zero attached hydrogens (tertiary/aromatic N) is 5. The van der Waals surface area contributed by atoms with Crippen LogP contribution in [-0.4, -0.2) is 16.2 Å². The maximum Gasteiger partial charge on any atom is 2.00 e. The van der Waals surface area contributed by atoms with Gasteiger partial charge in [-0.2, -0.15) is 12.1 Å². The molecule has 0 N–H and O–H groups in total. The Balaban J connectivity index is 0.00000410. The summed E-state index contributed by atoms with van der Waals surface area (Å²) in [6, 6.07) is 67.6. The van der Waals surface area contributed by atoms with Crippen LogP contribution in [0.4, 0.5) is 39.8 Å². The molecule has 0 bridgehead atoms. The normalized spacial score (nSPS) is 12.2. The summed E-state index contributed by atoms with van der Waals surface area (Å²) in [5.74, 6) is 0.857. The monoisotopic (exact) mass is 902 g/mol. The number of anilines is 7. The average Bonchev–Trinajstić information content (AvgIpc) is 3.78. The number of hydrogen-bond donors (Lipinski definition) is 0. The smallest absolute Gasteiger partial charge is 0.358 e. The molecule has 7 aromatic carbocycles. The largest absolute Gasteiger partial charge is 2.00 e. The fourth-order valence-corrected chi connectivity index (χ4v) is 8.18. The first-order valence-electron chi connectivity index (χ1n) is 18.7. The Kier molecular flexibility index (Phi) is 9.25. The number of hydrogen-bond acceptors (Lipinski definition) is 4. The molecule has 0 radical (unpaired) electrons. The van der Waals surface area contributed by atoms with E-state index in [-0.39, 0.29) is 21.1 Å². The van der Waals surface area contributed by atoms with E-state index in [1.807, 2.05) is 6.20 Å². The van der Waals surface area contributed by atoms with Crippen LogP contribution in [0.2, 0.25) is 0 Å². The van der Waals surface area contributed by atoms with Crippen LogP contribution in [0.15, 0.2) is 176 Å². The predicted octanol–water partition coefficient (Wildman–Crippen LogP) is 12.8. The molecule has 9 aromatic rings. The van der Waals surface area contributed by atoms with Gasteiger partial charge in [0.1, 0.15) is 5.82 Å². The minimum absolute atomic E-state index is 0. The summed E-state index contributed by atoms with van der Waals surface area (Å²) in [6.45, 7) is 5.03. The minimum Gasteiger partial charge on any atom is -0.358 e. The molecule has 3 heterocycles. The summed E-state index contributed by atoms with van der Waals surface area (Å²) in [6.07, 6.45) is 1.92. The van der Waals surface area contributed by atoms with Crippen LogP contribution in [0.5, 0.6) is 0 Å². The van der Waals surface area contributed by atoms with Crippen LogP contribution < -0.4 is 14.7 Å². The van der Waals surface area contributed by atoms with Crippen molar-refractivity contribution >= 4 is 61.6 Å². The molecule has 0 unspecified atom stereocenters. The van der Waals surface area contributed by atoms with Crippen LogP contribution in [-0.2, 0) is 21.1 Å². The number of aryl methyl sites for hydroxylation is 2. The molecule has 0 saturated heterocycles. The molecule has 272 valence electrons. The summed E-state index contributed by atoms with van der Waals surface area (Å²) in [5, 5.41) is 2.29. The second-order valence-corrected chi connectivity index (χ2v) is 14.0. The van der Waals surface area contributed by atoms with Gasteiger partial charge in [-0.3, -0.25) is 0 Å². The van der Waals surface area contributed by atoms with Crippen LogP contribution in [0.1, 0.15) is 11.1 Å². The van der Waals surface area contributed by atoms with E-state index in [1.165, 1.54) is 22.4 Å². The SMILES string of the molecule is Cc1cccc(C)c1-c1ccnc(-n2c3[c-]c(N(c4[c-]c(N5CN(c6ccccc6)c6ccccc65)ccc4)c4ccccc4)ccc3c3ccccc32)c1.[Pt+2].